The van der Waals surface area contributed by atoms with Crippen LogP contribution in [0.1, 0.15) is 40.9 Å². The molecular formula is C14H20N2O4. The van der Waals surface area contributed by atoms with Crippen molar-refractivity contribution < 1.29 is 19.1 Å². The van der Waals surface area contributed by atoms with Crippen LogP contribution in [0.25, 0.3) is 0 Å². The van der Waals surface area contributed by atoms with Crippen LogP contribution in [0.3, 0.4) is 0 Å². The maximum absolute atomic E-state index is 11.8. The third kappa shape index (κ3) is 3.84. The third-order valence-electron chi connectivity index (χ3n) is 3.42. The second kappa shape index (κ2) is 6.56. The summed E-state index contributed by atoms with van der Waals surface area (Å²) in [6.45, 7) is 5.89. The zero-order valence-electron chi connectivity index (χ0n) is 11.6. The second-order valence-electron chi connectivity index (χ2n) is 5.29. The molecule has 0 aliphatic carbocycles. The number of hydrogen-bond acceptors (Lipinski definition) is 4. The molecule has 110 valence electrons. The number of rotatable bonds is 6. The van der Waals surface area contributed by atoms with Gasteiger partial charge in [-0.2, -0.15) is 0 Å². The average molecular weight is 280 g/mol. The van der Waals surface area contributed by atoms with E-state index >= 15 is 0 Å². The Hall–Kier alpha value is -1.82. The summed E-state index contributed by atoms with van der Waals surface area (Å²) in [6, 6.07) is 2.66. The Kier molecular flexibility index (Phi) is 4.79. The van der Waals surface area contributed by atoms with Gasteiger partial charge in [0.1, 0.15) is 0 Å². The largest absolute Gasteiger partial charge is 0.475 e. The highest BCUT2D eigenvalue weighted by atomic mass is 16.4. The van der Waals surface area contributed by atoms with Gasteiger partial charge in [0.15, 0.2) is 5.76 Å². The van der Waals surface area contributed by atoms with E-state index in [0.717, 1.165) is 19.6 Å². The minimum Gasteiger partial charge on any atom is -0.475 e. The van der Waals surface area contributed by atoms with Crippen molar-refractivity contribution in [2.75, 3.05) is 26.2 Å². The molecule has 2 N–H and O–H groups in total. The summed E-state index contributed by atoms with van der Waals surface area (Å²) < 4.78 is 4.95. The smallest absolute Gasteiger partial charge is 0.371 e. The van der Waals surface area contributed by atoms with Crippen LogP contribution in [0, 0.1) is 5.92 Å². The molecule has 1 atom stereocenters. The van der Waals surface area contributed by atoms with Crippen molar-refractivity contribution >= 4 is 11.9 Å². The zero-order valence-corrected chi connectivity index (χ0v) is 11.6. The molecule has 2 heterocycles. The first-order valence-electron chi connectivity index (χ1n) is 6.90. The van der Waals surface area contributed by atoms with Crippen molar-refractivity contribution in [1.29, 1.82) is 0 Å². The molecule has 6 heteroatoms. The number of likely N-dealkylation sites (tertiary alicyclic amines) is 1. The van der Waals surface area contributed by atoms with E-state index in [-0.39, 0.29) is 17.4 Å². The number of nitrogens with zero attached hydrogens (tertiary/aromatic N) is 1. The van der Waals surface area contributed by atoms with Gasteiger partial charge in [-0.3, -0.25) is 4.79 Å². The fraction of sp³-hybridized carbons (Fsp3) is 0.571. The van der Waals surface area contributed by atoms with E-state index in [1.54, 1.807) is 0 Å². The minimum absolute atomic E-state index is 0.0378. The van der Waals surface area contributed by atoms with Gasteiger partial charge in [0.2, 0.25) is 5.76 Å². The summed E-state index contributed by atoms with van der Waals surface area (Å²) in [4.78, 5) is 24.9. The van der Waals surface area contributed by atoms with Crippen LogP contribution in [-0.4, -0.2) is 48.1 Å². The maximum Gasteiger partial charge on any atom is 0.371 e. The highest BCUT2D eigenvalue weighted by Gasteiger charge is 2.17. The summed E-state index contributed by atoms with van der Waals surface area (Å²) in [7, 11) is 0. The highest BCUT2D eigenvalue weighted by molar-refractivity contribution is 5.93. The van der Waals surface area contributed by atoms with Crippen LogP contribution in [0.5, 0.6) is 0 Å². The number of carbonyl (C=O) groups is 2. The Morgan fingerprint density at radius 1 is 1.35 bits per heavy atom. The van der Waals surface area contributed by atoms with Crippen molar-refractivity contribution in [3.05, 3.63) is 23.7 Å². The van der Waals surface area contributed by atoms with Gasteiger partial charge >= 0.3 is 5.97 Å². The molecule has 0 aromatic carbocycles. The van der Waals surface area contributed by atoms with Crippen LogP contribution < -0.4 is 5.32 Å². The van der Waals surface area contributed by atoms with Gasteiger partial charge in [0, 0.05) is 13.1 Å². The Labute approximate surface area is 117 Å². The van der Waals surface area contributed by atoms with E-state index in [9.17, 15) is 9.59 Å². The van der Waals surface area contributed by atoms with Gasteiger partial charge in [-0.15, -0.1) is 0 Å². The number of carbonyl (C=O) groups excluding carboxylic acids is 1. The molecule has 1 fully saturated rings. The van der Waals surface area contributed by atoms with Gasteiger partial charge in [0.05, 0.1) is 0 Å². The molecule has 1 aliphatic heterocycles. The van der Waals surface area contributed by atoms with E-state index in [1.807, 2.05) is 0 Å². The summed E-state index contributed by atoms with van der Waals surface area (Å²) in [5.74, 6) is -1.38. The lowest BCUT2D eigenvalue weighted by molar-refractivity contribution is 0.0659. The van der Waals surface area contributed by atoms with Crippen molar-refractivity contribution in [2.24, 2.45) is 5.92 Å². The lowest BCUT2D eigenvalue weighted by Crippen LogP contribution is -2.34. The standard InChI is InChI=1S/C14H20N2O4/c1-10(9-16-6-2-3-7-16)8-15-13(17)11-4-5-12(20-11)14(18)19/h4-5,10H,2-3,6-9H2,1H3,(H,15,17)(H,18,19). The summed E-state index contributed by atoms with van der Waals surface area (Å²) >= 11 is 0. The van der Waals surface area contributed by atoms with Crippen LogP contribution in [-0.2, 0) is 0 Å². The molecule has 0 radical (unpaired) electrons. The van der Waals surface area contributed by atoms with Gasteiger partial charge in [-0.25, -0.2) is 4.79 Å². The van der Waals surface area contributed by atoms with Gasteiger partial charge < -0.3 is 19.7 Å². The fourth-order valence-electron chi connectivity index (χ4n) is 2.40. The Morgan fingerprint density at radius 2 is 2.00 bits per heavy atom. The van der Waals surface area contributed by atoms with Crippen LogP contribution in [0.2, 0.25) is 0 Å². The normalized spacial score (nSPS) is 17.1. The fourth-order valence-corrected chi connectivity index (χ4v) is 2.40. The molecule has 1 amide bonds. The number of carboxylic acids is 1. The number of furan rings is 1. The first-order chi connectivity index (χ1) is 9.56. The molecule has 0 saturated carbocycles. The van der Waals surface area contributed by atoms with Crippen LogP contribution in [0.4, 0.5) is 0 Å². The van der Waals surface area contributed by atoms with Crippen LogP contribution in [0.15, 0.2) is 16.5 Å². The van der Waals surface area contributed by atoms with Gasteiger partial charge in [0.25, 0.3) is 5.91 Å². The van der Waals surface area contributed by atoms with Crippen molar-refractivity contribution in [1.82, 2.24) is 10.2 Å². The first-order valence-corrected chi connectivity index (χ1v) is 6.90. The highest BCUT2D eigenvalue weighted by Crippen LogP contribution is 2.10. The SMILES string of the molecule is CC(CNC(=O)c1ccc(C(=O)O)o1)CN1CCCC1. The van der Waals surface area contributed by atoms with E-state index < -0.39 is 5.97 Å². The predicted octanol–water partition coefficient (Wildman–Crippen LogP) is 1.44. The molecule has 0 bridgehead atoms. The van der Waals surface area contributed by atoms with Crippen LogP contribution >= 0.6 is 0 Å². The van der Waals surface area contributed by atoms with E-state index in [4.69, 9.17) is 9.52 Å². The zero-order chi connectivity index (χ0) is 14.5. The number of hydrogen-bond donors (Lipinski definition) is 2. The third-order valence-corrected chi connectivity index (χ3v) is 3.42. The van der Waals surface area contributed by atoms with E-state index in [0.29, 0.717) is 12.5 Å². The Morgan fingerprint density at radius 3 is 2.60 bits per heavy atom. The molecule has 6 nitrogen and oxygen atoms in total. The number of carboxylic acid groups (broad SMARTS) is 1. The van der Waals surface area contributed by atoms with Crippen molar-refractivity contribution in [2.45, 2.75) is 19.8 Å². The first kappa shape index (κ1) is 14.6. The molecule has 0 spiro atoms. The molecule has 20 heavy (non-hydrogen) atoms. The minimum atomic E-state index is -1.17. The summed E-state index contributed by atoms with van der Waals surface area (Å²) in [5.41, 5.74) is 0. The Balaban J connectivity index is 1.77. The molecule has 1 unspecified atom stereocenters. The molecule has 1 saturated heterocycles. The molecule has 1 aromatic heterocycles. The van der Waals surface area contributed by atoms with Gasteiger partial charge in [-0.1, -0.05) is 6.92 Å². The molecule has 1 aliphatic rings. The molecule has 2 rings (SSSR count). The second-order valence-corrected chi connectivity index (χ2v) is 5.29. The lowest BCUT2D eigenvalue weighted by atomic mass is 10.1. The van der Waals surface area contributed by atoms with E-state index in [2.05, 4.69) is 17.1 Å². The van der Waals surface area contributed by atoms with Crippen molar-refractivity contribution in [3.8, 4) is 0 Å². The summed E-state index contributed by atoms with van der Waals surface area (Å²) in [6.07, 6.45) is 2.51. The lowest BCUT2D eigenvalue weighted by Gasteiger charge is -2.20. The van der Waals surface area contributed by atoms with E-state index in [1.165, 1.54) is 25.0 Å². The van der Waals surface area contributed by atoms with Crippen molar-refractivity contribution in [3.63, 3.8) is 0 Å². The number of nitrogens with one attached hydrogen (secondary N) is 1. The maximum atomic E-state index is 11.8. The Bertz CT molecular complexity index is 477. The monoisotopic (exact) mass is 280 g/mol. The quantitative estimate of drug-likeness (QED) is 0.824. The number of aromatic carboxylic acids is 1. The predicted molar refractivity (Wildman–Crippen MR) is 72.8 cm³/mol. The number of amides is 1. The average Bonchev–Trinajstić information content (AvgIpc) is 3.06. The molecular weight excluding hydrogens is 260 g/mol. The topological polar surface area (TPSA) is 82.8 Å². The van der Waals surface area contributed by atoms with Gasteiger partial charge in [-0.05, 0) is 44.0 Å². The molecule has 1 aromatic rings. The summed E-state index contributed by atoms with van der Waals surface area (Å²) in [5, 5.41) is 11.5.